The molecule has 0 saturated carbocycles. The number of ether oxygens (including phenoxy) is 2. The zero-order valence-corrected chi connectivity index (χ0v) is 16.8. The van der Waals surface area contributed by atoms with E-state index >= 15 is 0 Å². The normalized spacial score (nSPS) is 20.0. The van der Waals surface area contributed by atoms with Crippen LogP contribution in [0, 0.1) is 5.92 Å². The molecule has 9 heteroatoms. The van der Waals surface area contributed by atoms with E-state index in [1.54, 1.807) is 12.1 Å². The number of piperidine rings is 1. The van der Waals surface area contributed by atoms with Gasteiger partial charge in [-0.3, -0.25) is 4.98 Å². The molecule has 1 saturated heterocycles. The second-order valence-corrected chi connectivity index (χ2v) is 9.39. The van der Waals surface area contributed by atoms with Gasteiger partial charge in [-0.25, -0.2) is 13.2 Å². The van der Waals surface area contributed by atoms with Crippen molar-refractivity contribution in [1.29, 1.82) is 0 Å². The summed E-state index contributed by atoms with van der Waals surface area (Å²) >= 11 is 0. The molecule has 8 nitrogen and oxygen atoms in total. The Morgan fingerprint density at radius 2 is 1.97 bits per heavy atom. The highest BCUT2D eigenvalue weighted by molar-refractivity contribution is 7.90. The smallest absolute Gasteiger partial charge is 0.407 e. The zero-order chi connectivity index (χ0) is 20.6. The Labute approximate surface area is 169 Å². The molecule has 0 aliphatic carbocycles. The number of sulfone groups is 1. The topological polar surface area (TPSA) is 106 Å². The summed E-state index contributed by atoms with van der Waals surface area (Å²) in [5, 5.41) is 9.07. The van der Waals surface area contributed by atoms with Crippen molar-refractivity contribution in [2.75, 3.05) is 19.3 Å². The number of fused-ring (bicyclic) bond motifs is 1. The van der Waals surface area contributed by atoms with Crippen molar-refractivity contribution in [2.45, 2.75) is 30.6 Å². The van der Waals surface area contributed by atoms with Crippen LogP contribution in [0.15, 0.2) is 41.4 Å². The molecular formula is C20H22N2O6S. The summed E-state index contributed by atoms with van der Waals surface area (Å²) in [6, 6.07) is 8.92. The van der Waals surface area contributed by atoms with Crippen LogP contribution in [0.25, 0.3) is 11.3 Å². The molecule has 4 rings (SSSR count). The van der Waals surface area contributed by atoms with Gasteiger partial charge in [0.2, 0.25) is 6.29 Å². The van der Waals surface area contributed by atoms with E-state index < -0.39 is 15.9 Å². The number of pyridine rings is 1. The van der Waals surface area contributed by atoms with Gasteiger partial charge in [-0.05, 0) is 43.2 Å². The van der Waals surface area contributed by atoms with E-state index in [0.717, 1.165) is 23.1 Å². The van der Waals surface area contributed by atoms with Crippen molar-refractivity contribution in [1.82, 2.24) is 9.88 Å². The third-order valence-electron chi connectivity index (χ3n) is 5.36. The minimum atomic E-state index is -3.28. The van der Waals surface area contributed by atoms with Crippen LogP contribution in [0.1, 0.15) is 18.4 Å². The fraction of sp³-hybridized carbons (Fsp3) is 0.400. The van der Waals surface area contributed by atoms with Crippen LogP contribution in [-0.4, -0.2) is 55.1 Å². The maximum Gasteiger partial charge on any atom is 0.407 e. The molecule has 1 aromatic heterocycles. The molecule has 154 valence electrons. The number of aromatic nitrogens is 1. The second kappa shape index (κ2) is 7.64. The third kappa shape index (κ3) is 4.20. The highest BCUT2D eigenvalue weighted by atomic mass is 32.2. The fourth-order valence-corrected chi connectivity index (χ4v) is 4.22. The number of rotatable bonds is 3. The number of carbonyl (C=O) groups is 1. The predicted molar refractivity (Wildman–Crippen MR) is 104 cm³/mol. The summed E-state index contributed by atoms with van der Waals surface area (Å²) in [6.07, 6.45) is 2.67. The maximum atomic E-state index is 11.6. The fourth-order valence-electron chi connectivity index (χ4n) is 3.66. The predicted octanol–water partition coefficient (Wildman–Crippen LogP) is 2.78. The Kier molecular flexibility index (Phi) is 5.18. The van der Waals surface area contributed by atoms with Crippen molar-refractivity contribution in [3.8, 4) is 17.0 Å². The highest BCUT2D eigenvalue weighted by Crippen LogP contribution is 2.34. The molecule has 0 bridgehead atoms. The molecule has 1 atom stereocenters. The van der Waals surface area contributed by atoms with E-state index in [2.05, 4.69) is 4.98 Å². The van der Waals surface area contributed by atoms with Crippen molar-refractivity contribution >= 4 is 15.9 Å². The summed E-state index contributed by atoms with van der Waals surface area (Å²) in [6.45, 7) is 1.38. The maximum absolute atomic E-state index is 11.6. The average molecular weight is 418 g/mol. The molecule has 2 aromatic rings. The SMILES string of the molecule is CS(=O)(=O)c1ccc(-c2ccc3c(c2)COC(C2CCN(C(=O)O)CC2)O3)nc1. The van der Waals surface area contributed by atoms with Gasteiger partial charge >= 0.3 is 6.09 Å². The lowest BCUT2D eigenvalue weighted by Gasteiger charge is -2.36. The van der Waals surface area contributed by atoms with E-state index in [-0.39, 0.29) is 17.1 Å². The first-order valence-corrected chi connectivity index (χ1v) is 11.3. The van der Waals surface area contributed by atoms with Crippen molar-refractivity contribution in [2.24, 2.45) is 5.92 Å². The molecule has 1 aromatic carbocycles. The first kappa shape index (κ1) is 19.7. The van der Waals surface area contributed by atoms with Gasteiger partial charge in [-0.15, -0.1) is 0 Å². The van der Waals surface area contributed by atoms with Gasteiger partial charge in [-0.1, -0.05) is 0 Å². The third-order valence-corrected chi connectivity index (χ3v) is 6.46. The van der Waals surface area contributed by atoms with Gasteiger partial charge in [0, 0.05) is 42.6 Å². The molecule has 1 amide bonds. The number of hydrogen-bond donors (Lipinski definition) is 1. The summed E-state index contributed by atoms with van der Waals surface area (Å²) in [5.41, 5.74) is 2.42. The number of amides is 1. The number of nitrogens with zero attached hydrogens (tertiary/aromatic N) is 2. The Balaban J connectivity index is 1.46. The van der Waals surface area contributed by atoms with E-state index in [1.165, 1.54) is 11.1 Å². The lowest BCUT2D eigenvalue weighted by Crippen LogP contribution is -2.43. The van der Waals surface area contributed by atoms with E-state index in [4.69, 9.17) is 14.6 Å². The lowest BCUT2D eigenvalue weighted by molar-refractivity contribution is -0.148. The monoisotopic (exact) mass is 418 g/mol. The summed E-state index contributed by atoms with van der Waals surface area (Å²) in [4.78, 5) is 16.9. The van der Waals surface area contributed by atoms with E-state index in [0.29, 0.717) is 38.2 Å². The Morgan fingerprint density at radius 1 is 1.21 bits per heavy atom. The van der Waals surface area contributed by atoms with Gasteiger partial charge < -0.3 is 19.5 Å². The number of likely N-dealkylation sites (tertiary alicyclic amines) is 1. The van der Waals surface area contributed by atoms with Crippen LogP contribution in [0.4, 0.5) is 4.79 Å². The van der Waals surface area contributed by atoms with Gasteiger partial charge in [0.15, 0.2) is 9.84 Å². The molecule has 1 unspecified atom stereocenters. The van der Waals surface area contributed by atoms with Crippen LogP contribution < -0.4 is 4.74 Å². The minimum absolute atomic E-state index is 0.156. The molecule has 29 heavy (non-hydrogen) atoms. The van der Waals surface area contributed by atoms with Gasteiger partial charge in [-0.2, -0.15) is 0 Å². The van der Waals surface area contributed by atoms with E-state index in [9.17, 15) is 13.2 Å². The molecule has 2 aliphatic rings. The molecule has 1 N–H and O–H groups in total. The largest absolute Gasteiger partial charge is 0.465 e. The number of hydrogen-bond acceptors (Lipinski definition) is 6. The Morgan fingerprint density at radius 3 is 2.59 bits per heavy atom. The van der Waals surface area contributed by atoms with Crippen LogP contribution in [-0.2, 0) is 21.2 Å². The van der Waals surface area contributed by atoms with Crippen LogP contribution >= 0.6 is 0 Å². The summed E-state index contributed by atoms with van der Waals surface area (Å²) < 4.78 is 35.1. The standard InChI is InChI=1S/C20H22N2O6S/c1-29(25,26)16-3-4-17(21-11-16)14-2-5-18-15(10-14)12-27-19(28-18)13-6-8-22(9-7-13)20(23)24/h2-5,10-11,13,19H,6-9,12H2,1H3,(H,23,24). The van der Waals surface area contributed by atoms with Crippen LogP contribution in [0.2, 0.25) is 0 Å². The summed E-state index contributed by atoms with van der Waals surface area (Å²) in [7, 11) is -3.28. The molecular weight excluding hydrogens is 396 g/mol. The van der Waals surface area contributed by atoms with Crippen LogP contribution in [0.3, 0.4) is 0 Å². The first-order valence-electron chi connectivity index (χ1n) is 9.37. The van der Waals surface area contributed by atoms with Crippen molar-refractivity contribution < 1.29 is 27.8 Å². The molecule has 2 aliphatic heterocycles. The summed E-state index contributed by atoms with van der Waals surface area (Å²) in [5.74, 6) is 0.905. The van der Waals surface area contributed by atoms with Gasteiger partial charge in [0.25, 0.3) is 0 Å². The van der Waals surface area contributed by atoms with Gasteiger partial charge in [0.05, 0.1) is 17.2 Å². The molecule has 1 fully saturated rings. The van der Waals surface area contributed by atoms with Crippen molar-refractivity contribution in [3.63, 3.8) is 0 Å². The minimum Gasteiger partial charge on any atom is -0.465 e. The number of carboxylic acid groups (broad SMARTS) is 1. The second-order valence-electron chi connectivity index (χ2n) is 7.38. The molecule has 0 spiro atoms. The van der Waals surface area contributed by atoms with Crippen molar-refractivity contribution in [3.05, 3.63) is 42.1 Å². The molecule has 3 heterocycles. The van der Waals surface area contributed by atoms with Crippen LogP contribution in [0.5, 0.6) is 5.75 Å². The quantitative estimate of drug-likeness (QED) is 0.817. The first-order chi connectivity index (χ1) is 13.8. The number of benzene rings is 1. The van der Waals surface area contributed by atoms with E-state index in [1.807, 2.05) is 18.2 Å². The Hall–Kier alpha value is -2.65. The average Bonchev–Trinajstić information content (AvgIpc) is 2.72. The Bertz CT molecular complexity index is 1010. The zero-order valence-electron chi connectivity index (χ0n) is 15.9. The molecule has 0 radical (unpaired) electrons. The lowest BCUT2D eigenvalue weighted by atomic mass is 9.95. The highest BCUT2D eigenvalue weighted by Gasteiger charge is 2.33. The van der Waals surface area contributed by atoms with Gasteiger partial charge in [0.1, 0.15) is 5.75 Å².